The Bertz CT molecular complexity index is 286. The zero-order chi connectivity index (χ0) is 8.81. The summed E-state index contributed by atoms with van der Waals surface area (Å²) in [5, 5.41) is 11.5. The lowest BCUT2D eigenvalue weighted by molar-refractivity contribution is 1.07. The van der Waals surface area contributed by atoms with Gasteiger partial charge in [0.05, 0.1) is 12.5 Å². The van der Waals surface area contributed by atoms with E-state index < -0.39 is 0 Å². The van der Waals surface area contributed by atoms with Crippen LogP contribution in [0, 0.1) is 18.3 Å². The summed E-state index contributed by atoms with van der Waals surface area (Å²) in [6, 6.07) is 10.2. The highest BCUT2D eigenvalue weighted by molar-refractivity contribution is 5.45. The highest BCUT2D eigenvalue weighted by atomic mass is 14.9. The standard InChI is InChI=1S/C10H12N2/c1-9-4-2-5-10(8-9)12-7-3-6-11/h2,4-5,8,12H,3,7H2,1H3. The molecule has 12 heavy (non-hydrogen) atoms. The molecule has 0 aliphatic rings. The molecule has 1 aromatic carbocycles. The van der Waals surface area contributed by atoms with Crippen molar-refractivity contribution in [2.75, 3.05) is 11.9 Å². The SMILES string of the molecule is Cc1cccc(NCCC#N)c1. The Morgan fingerprint density at radius 1 is 1.50 bits per heavy atom. The second kappa shape index (κ2) is 4.40. The smallest absolute Gasteiger partial charge is 0.0640 e. The van der Waals surface area contributed by atoms with Crippen molar-refractivity contribution >= 4 is 5.69 Å². The summed E-state index contributed by atoms with van der Waals surface area (Å²) < 4.78 is 0. The van der Waals surface area contributed by atoms with Gasteiger partial charge in [0.2, 0.25) is 0 Å². The van der Waals surface area contributed by atoms with Gasteiger partial charge >= 0.3 is 0 Å². The van der Waals surface area contributed by atoms with E-state index in [0.717, 1.165) is 12.2 Å². The van der Waals surface area contributed by atoms with Crippen LogP contribution in [0.4, 0.5) is 5.69 Å². The first-order valence-corrected chi connectivity index (χ1v) is 4.00. The molecule has 0 aromatic heterocycles. The summed E-state index contributed by atoms with van der Waals surface area (Å²) >= 11 is 0. The molecular formula is C10H12N2. The van der Waals surface area contributed by atoms with Crippen LogP contribution in [0.3, 0.4) is 0 Å². The predicted molar refractivity (Wildman–Crippen MR) is 49.9 cm³/mol. The lowest BCUT2D eigenvalue weighted by Gasteiger charge is -2.03. The van der Waals surface area contributed by atoms with Crippen molar-refractivity contribution in [2.24, 2.45) is 0 Å². The zero-order valence-electron chi connectivity index (χ0n) is 7.17. The van der Waals surface area contributed by atoms with Crippen LogP contribution in [-0.4, -0.2) is 6.54 Å². The number of nitriles is 1. The van der Waals surface area contributed by atoms with Crippen LogP contribution in [0.5, 0.6) is 0 Å². The molecular weight excluding hydrogens is 148 g/mol. The number of anilines is 1. The van der Waals surface area contributed by atoms with Crippen LogP contribution in [-0.2, 0) is 0 Å². The minimum absolute atomic E-state index is 0.550. The van der Waals surface area contributed by atoms with Crippen LogP contribution >= 0.6 is 0 Å². The molecule has 0 unspecified atom stereocenters. The van der Waals surface area contributed by atoms with E-state index in [1.54, 1.807) is 0 Å². The van der Waals surface area contributed by atoms with Gasteiger partial charge in [-0.2, -0.15) is 5.26 Å². The summed E-state index contributed by atoms with van der Waals surface area (Å²) in [6.07, 6.45) is 0.550. The van der Waals surface area contributed by atoms with Crippen LogP contribution < -0.4 is 5.32 Å². The molecule has 0 atom stereocenters. The Balaban J connectivity index is 2.48. The maximum atomic E-state index is 8.31. The fraction of sp³-hybridized carbons (Fsp3) is 0.300. The Labute approximate surface area is 72.8 Å². The molecule has 2 heteroatoms. The first kappa shape index (κ1) is 8.61. The second-order valence-electron chi connectivity index (χ2n) is 2.70. The van der Waals surface area contributed by atoms with E-state index >= 15 is 0 Å². The number of rotatable bonds is 3. The molecule has 0 bridgehead atoms. The third-order valence-corrected chi connectivity index (χ3v) is 1.58. The minimum atomic E-state index is 0.550. The normalized spacial score (nSPS) is 9.00. The molecule has 0 spiro atoms. The second-order valence-corrected chi connectivity index (χ2v) is 2.70. The molecule has 0 aliphatic carbocycles. The fourth-order valence-electron chi connectivity index (χ4n) is 1.02. The summed E-state index contributed by atoms with van der Waals surface area (Å²) in [7, 11) is 0. The van der Waals surface area contributed by atoms with Gasteiger partial charge in [-0.25, -0.2) is 0 Å². The average molecular weight is 160 g/mol. The van der Waals surface area contributed by atoms with Gasteiger partial charge < -0.3 is 5.32 Å². The lowest BCUT2D eigenvalue weighted by Crippen LogP contribution is -1.99. The van der Waals surface area contributed by atoms with Crippen molar-refractivity contribution in [2.45, 2.75) is 13.3 Å². The lowest BCUT2D eigenvalue weighted by atomic mass is 10.2. The molecule has 0 saturated heterocycles. The first-order chi connectivity index (χ1) is 5.83. The maximum absolute atomic E-state index is 8.31. The van der Waals surface area contributed by atoms with E-state index in [1.807, 2.05) is 12.1 Å². The van der Waals surface area contributed by atoms with Crippen LogP contribution in [0.1, 0.15) is 12.0 Å². The van der Waals surface area contributed by atoms with Crippen LogP contribution in [0.25, 0.3) is 0 Å². The number of hydrogen-bond donors (Lipinski definition) is 1. The van der Waals surface area contributed by atoms with E-state index in [2.05, 4.69) is 30.4 Å². The number of nitrogens with zero attached hydrogens (tertiary/aromatic N) is 1. The van der Waals surface area contributed by atoms with Crippen molar-refractivity contribution in [3.8, 4) is 6.07 Å². The van der Waals surface area contributed by atoms with E-state index in [-0.39, 0.29) is 0 Å². The monoisotopic (exact) mass is 160 g/mol. The Morgan fingerprint density at radius 3 is 3.00 bits per heavy atom. The van der Waals surface area contributed by atoms with Crippen molar-refractivity contribution in [3.05, 3.63) is 29.8 Å². The highest BCUT2D eigenvalue weighted by Gasteiger charge is 1.89. The number of aryl methyl sites for hydroxylation is 1. The molecule has 0 radical (unpaired) electrons. The van der Waals surface area contributed by atoms with E-state index in [1.165, 1.54) is 5.56 Å². The van der Waals surface area contributed by atoms with Crippen molar-refractivity contribution in [1.82, 2.24) is 0 Å². The predicted octanol–water partition coefficient (Wildman–Crippen LogP) is 2.32. The minimum Gasteiger partial charge on any atom is -0.384 e. The molecule has 0 heterocycles. The topological polar surface area (TPSA) is 35.8 Å². The van der Waals surface area contributed by atoms with Gasteiger partial charge in [-0.05, 0) is 24.6 Å². The molecule has 0 aliphatic heterocycles. The van der Waals surface area contributed by atoms with Gasteiger partial charge in [0.15, 0.2) is 0 Å². The summed E-state index contributed by atoms with van der Waals surface area (Å²) in [5.74, 6) is 0. The molecule has 0 fully saturated rings. The van der Waals surface area contributed by atoms with Crippen LogP contribution in [0.2, 0.25) is 0 Å². The third kappa shape index (κ3) is 2.63. The van der Waals surface area contributed by atoms with Crippen molar-refractivity contribution in [1.29, 1.82) is 5.26 Å². The molecule has 2 nitrogen and oxygen atoms in total. The molecule has 1 N–H and O–H groups in total. The van der Waals surface area contributed by atoms with Gasteiger partial charge in [-0.15, -0.1) is 0 Å². The fourth-order valence-corrected chi connectivity index (χ4v) is 1.02. The van der Waals surface area contributed by atoms with Gasteiger partial charge in [-0.3, -0.25) is 0 Å². The Morgan fingerprint density at radius 2 is 2.33 bits per heavy atom. The van der Waals surface area contributed by atoms with Gasteiger partial charge in [-0.1, -0.05) is 12.1 Å². The third-order valence-electron chi connectivity index (χ3n) is 1.58. The maximum Gasteiger partial charge on any atom is 0.0640 e. The Hall–Kier alpha value is -1.49. The quantitative estimate of drug-likeness (QED) is 0.689. The van der Waals surface area contributed by atoms with E-state index in [9.17, 15) is 0 Å². The number of nitrogens with one attached hydrogen (secondary N) is 1. The highest BCUT2D eigenvalue weighted by Crippen LogP contribution is 2.08. The van der Waals surface area contributed by atoms with Crippen molar-refractivity contribution in [3.63, 3.8) is 0 Å². The largest absolute Gasteiger partial charge is 0.384 e. The molecule has 1 aromatic rings. The molecule has 1 rings (SSSR count). The van der Waals surface area contributed by atoms with E-state index in [4.69, 9.17) is 5.26 Å². The summed E-state index contributed by atoms with van der Waals surface area (Å²) in [6.45, 7) is 2.77. The molecule has 0 amide bonds. The Kier molecular flexibility index (Phi) is 3.16. The number of benzene rings is 1. The molecule has 62 valence electrons. The van der Waals surface area contributed by atoms with Crippen LogP contribution in [0.15, 0.2) is 24.3 Å². The van der Waals surface area contributed by atoms with Gasteiger partial charge in [0, 0.05) is 12.2 Å². The zero-order valence-corrected chi connectivity index (χ0v) is 7.17. The number of hydrogen-bond acceptors (Lipinski definition) is 2. The molecule has 0 saturated carbocycles. The van der Waals surface area contributed by atoms with Gasteiger partial charge in [0.25, 0.3) is 0 Å². The summed E-state index contributed by atoms with van der Waals surface area (Å²) in [5.41, 5.74) is 2.32. The van der Waals surface area contributed by atoms with Crippen molar-refractivity contribution < 1.29 is 0 Å². The average Bonchev–Trinajstić information content (AvgIpc) is 2.05. The van der Waals surface area contributed by atoms with Gasteiger partial charge in [0.1, 0.15) is 0 Å². The van der Waals surface area contributed by atoms with E-state index in [0.29, 0.717) is 6.42 Å². The summed E-state index contributed by atoms with van der Waals surface area (Å²) in [4.78, 5) is 0. The first-order valence-electron chi connectivity index (χ1n) is 4.00.